The first-order valence-corrected chi connectivity index (χ1v) is 14.8. The van der Waals surface area contributed by atoms with Gasteiger partial charge in [0.05, 0.1) is 31.0 Å². The monoisotopic (exact) mass is 571 g/mol. The first kappa shape index (κ1) is 29.4. The van der Waals surface area contributed by atoms with Crippen LogP contribution in [0.4, 0.5) is 16.3 Å². The maximum absolute atomic E-state index is 13.3. The molecule has 5 rings (SSSR count). The molecule has 2 aliphatic rings. The van der Waals surface area contributed by atoms with Crippen molar-refractivity contribution in [2.24, 2.45) is 5.41 Å². The number of carbonyl (C=O) groups excluding carboxylic acids is 2. The molecule has 222 valence electrons. The molecule has 10 heteroatoms. The fourth-order valence-corrected chi connectivity index (χ4v) is 5.23. The van der Waals surface area contributed by atoms with E-state index in [1.165, 1.54) is 0 Å². The minimum Gasteiger partial charge on any atom is -0.378 e. The lowest BCUT2D eigenvalue weighted by molar-refractivity contribution is 0.0731. The van der Waals surface area contributed by atoms with E-state index in [0.717, 1.165) is 54.3 Å². The van der Waals surface area contributed by atoms with Crippen molar-refractivity contribution in [3.8, 4) is 11.4 Å². The number of hydrogen-bond acceptors (Lipinski definition) is 7. The molecule has 0 saturated carbocycles. The van der Waals surface area contributed by atoms with Crippen LogP contribution in [0.3, 0.4) is 0 Å². The van der Waals surface area contributed by atoms with Crippen molar-refractivity contribution in [3.05, 3.63) is 65.1 Å². The SMILES string of the molecule is Cc1ccc(C(=O)N2CCc3c(nc(-c4ccc(NC(=O)NCCCC(C)(C)C)cc4)nc3N3CCOCC3)C2)cn1. The highest BCUT2D eigenvalue weighted by Crippen LogP contribution is 2.31. The number of aryl methyl sites for hydroxylation is 1. The second-order valence-electron chi connectivity index (χ2n) is 12.2. The summed E-state index contributed by atoms with van der Waals surface area (Å²) in [5.41, 5.74) is 5.19. The van der Waals surface area contributed by atoms with Crippen LogP contribution in [0.2, 0.25) is 0 Å². The number of aromatic nitrogens is 3. The van der Waals surface area contributed by atoms with Gasteiger partial charge in [-0.2, -0.15) is 0 Å². The van der Waals surface area contributed by atoms with Gasteiger partial charge in [0.1, 0.15) is 5.82 Å². The van der Waals surface area contributed by atoms with Crippen LogP contribution >= 0.6 is 0 Å². The first-order valence-electron chi connectivity index (χ1n) is 14.8. The molecule has 1 fully saturated rings. The fraction of sp³-hybridized carbons (Fsp3) is 0.469. The lowest BCUT2D eigenvalue weighted by atomic mass is 9.91. The van der Waals surface area contributed by atoms with Gasteiger partial charge >= 0.3 is 6.03 Å². The average molecular weight is 572 g/mol. The van der Waals surface area contributed by atoms with Crippen LogP contribution in [-0.4, -0.2) is 71.2 Å². The highest BCUT2D eigenvalue weighted by Gasteiger charge is 2.29. The molecule has 0 aliphatic carbocycles. The van der Waals surface area contributed by atoms with Crippen LogP contribution < -0.4 is 15.5 Å². The van der Waals surface area contributed by atoms with E-state index >= 15 is 0 Å². The lowest BCUT2D eigenvalue weighted by Crippen LogP contribution is -2.41. The maximum Gasteiger partial charge on any atom is 0.319 e. The normalized spacial score (nSPS) is 15.2. The standard InChI is InChI=1S/C32H41N7O3/c1-22-6-7-24(20-34-22)30(40)39-15-12-26-27(21-39)36-28(37-29(26)38-16-18-42-19-17-38)23-8-10-25(11-9-23)35-31(41)33-14-5-13-32(2,3)4/h6-11,20H,5,12-19,21H2,1-4H3,(H2,33,35,41). The van der Waals surface area contributed by atoms with Crippen molar-refractivity contribution >= 4 is 23.4 Å². The van der Waals surface area contributed by atoms with Gasteiger partial charge in [0.25, 0.3) is 5.91 Å². The zero-order valence-electron chi connectivity index (χ0n) is 25.1. The highest BCUT2D eigenvalue weighted by molar-refractivity contribution is 5.94. The van der Waals surface area contributed by atoms with Crippen molar-refractivity contribution in [2.45, 2.75) is 53.5 Å². The number of nitrogens with zero attached hydrogens (tertiary/aromatic N) is 5. The predicted octanol–water partition coefficient (Wildman–Crippen LogP) is 4.83. The van der Waals surface area contributed by atoms with E-state index in [0.29, 0.717) is 56.3 Å². The summed E-state index contributed by atoms with van der Waals surface area (Å²) in [6.07, 6.45) is 4.30. The molecule has 3 aromatic rings. The van der Waals surface area contributed by atoms with E-state index in [1.54, 1.807) is 6.20 Å². The summed E-state index contributed by atoms with van der Waals surface area (Å²) in [5.74, 6) is 1.47. The van der Waals surface area contributed by atoms with Gasteiger partial charge in [0, 0.05) is 54.9 Å². The Balaban J connectivity index is 1.33. The maximum atomic E-state index is 13.3. The Hall–Kier alpha value is -4.05. The molecular formula is C32H41N7O3. The Morgan fingerprint density at radius 1 is 1.00 bits per heavy atom. The molecule has 1 aromatic carbocycles. The summed E-state index contributed by atoms with van der Waals surface area (Å²) in [5, 5.41) is 5.84. The summed E-state index contributed by atoms with van der Waals surface area (Å²) in [4.78, 5) is 44.0. The molecule has 10 nitrogen and oxygen atoms in total. The molecule has 2 aliphatic heterocycles. The topological polar surface area (TPSA) is 113 Å². The van der Waals surface area contributed by atoms with Crippen molar-refractivity contribution in [3.63, 3.8) is 0 Å². The van der Waals surface area contributed by atoms with Crippen LogP contribution in [0, 0.1) is 12.3 Å². The highest BCUT2D eigenvalue weighted by atomic mass is 16.5. The predicted molar refractivity (Wildman–Crippen MR) is 164 cm³/mol. The van der Waals surface area contributed by atoms with E-state index in [9.17, 15) is 9.59 Å². The number of benzene rings is 1. The quantitative estimate of drug-likeness (QED) is 0.391. The number of ether oxygens (including phenoxy) is 1. The van der Waals surface area contributed by atoms with E-state index in [-0.39, 0.29) is 17.4 Å². The Bertz CT molecular complexity index is 1400. The van der Waals surface area contributed by atoms with Gasteiger partial charge in [-0.05, 0) is 68.0 Å². The molecule has 2 aromatic heterocycles. The number of fused-ring (bicyclic) bond motifs is 1. The molecule has 0 atom stereocenters. The van der Waals surface area contributed by atoms with Crippen molar-refractivity contribution in [2.75, 3.05) is 49.6 Å². The van der Waals surface area contributed by atoms with Gasteiger partial charge in [-0.25, -0.2) is 14.8 Å². The Kier molecular flexibility index (Phi) is 9.01. The van der Waals surface area contributed by atoms with Crippen LogP contribution in [-0.2, 0) is 17.7 Å². The van der Waals surface area contributed by atoms with Gasteiger partial charge in [-0.15, -0.1) is 0 Å². The van der Waals surface area contributed by atoms with Crippen LogP contribution in [0.5, 0.6) is 0 Å². The molecule has 1 saturated heterocycles. The van der Waals surface area contributed by atoms with Crippen molar-refractivity contribution in [1.29, 1.82) is 0 Å². The third kappa shape index (κ3) is 7.42. The lowest BCUT2D eigenvalue weighted by Gasteiger charge is -2.34. The number of hydrogen-bond donors (Lipinski definition) is 2. The summed E-state index contributed by atoms with van der Waals surface area (Å²) in [6, 6.07) is 11.0. The van der Waals surface area contributed by atoms with Gasteiger partial charge in [0.15, 0.2) is 5.82 Å². The largest absolute Gasteiger partial charge is 0.378 e. The molecule has 42 heavy (non-hydrogen) atoms. The van der Waals surface area contributed by atoms with Gasteiger partial charge in [-0.1, -0.05) is 20.8 Å². The summed E-state index contributed by atoms with van der Waals surface area (Å²) >= 11 is 0. The summed E-state index contributed by atoms with van der Waals surface area (Å²) in [6.45, 7) is 13.0. The summed E-state index contributed by atoms with van der Waals surface area (Å²) in [7, 11) is 0. The fourth-order valence-electron chi connectivity index (χ4n) is 5.23. The molecular weight excluding hydrogens is 530 g/mol. The zero-order valence-corrected chi connectivity index (χ0v) is 25.1. The Labute approximate surface area is 247 Å². The van der Waals surface area contributed by atoms with Gasteiger partial charge in [-0.3, -0.25) is 9.78 Å². The Morgan fingerprint density at radius 3 is 2.45 bits per heavy atom. The van der Waals surface area contributed by atoms with E-state index in [2.05, 4.69) is 41.3 Å². The number of pyridine rings is 1. The van der Waals surface area contributed by atoms with Gasteiger partial charge < -0.3 is 25.2 Å². The minimum atomic E-state index is -0.218. The molecule has 3 amide bonds. The molecule has 4 heterocycles. The molecule has 0 radical (unpaired) electrons. The summed E-state index contributed by atoms with van der Waals surface area (Å²) < 4.78 is 5.59. The Morgan fingerprint density at radius 2 is 1.76 bits per heavy atom. The first-order chi connectivity index (χ1) is 20.2. The molecule has 0 bridgehead atoms. The van der Waals surface area contributed by atoms with E-state index in [1.807, 2.05) is 48.2 Å². The third-order valence-electron chi connectivity index (χ3n) is 7.59. The number of amides is 3. The van der Waals surface area contributed by atoms with E-state index in [4.69, 9.17) is 14.7 Å². The number of carbonyl (C=O) groups is 2. The number of rotatable bonds is 7. The van der Waals surface area contributed by atoms with E-state index < -0.39 is 0 Å². The molecule has 0 unspecified atom stereocenters. The number of nitrogens with one attached hydrogen (secondary N) is 2. The zero-order chi connectivity index (χ0) is 29.7. The third-order valence-corrected chi connectivity index (χ3v) is 7.59. The van der Waals surface area contributed by atoms with Crippen LogP contribution in [0.15, 0.2) is 42.6 Å². The van der Waals surface area contributed by atoms with Crippen molar-refractivity contribution in [1.82, 2.24) is 25.2 Å². The van der Waals surface area contributed by atoms with Gasteiger partial charge in [0.2, 0.25) is 0 Å². The second-order valence-corrected chi connectivity index (χ2v) is 12.2. The van der Waals surface area contributed by atoms with Crippen molar-refractivity contribution < 1.29 is 14.3 Å². The minimum absolute atomic E-state index is 0.0478. The smallest absolute Gasteiger partial charge is 0.319 e. The number of urea groups is 1. The molecule has 0 spiro atoms. The van der Waals surface area contributed by atoms with Crippen LogP contribution in [0.1, 0.15) is 60.9 Å². The van der Waals surface area contributed by atoms with Crippen LogP contribution in [0.25, 0.3) is 11.4 Å². The molecule has 2 N–H and O–H groups in total. The number of anilines is 2. The average Bonchev–Trinajstić information content (AvgIpc) is 2.99. The second kappa shape index (κ2) is 12.9. The number of morpholine rings is 1.